The van der Waals surface area contributed by atoms with Gasteiger partial charge < -0.3 is 10.2 Å². The van der Waals surface area contributed by atoms with Crippen molar-refractivity contribution in [3.8, 4) is 0 Å². The van der Waals surface area contributed by atoms with Crippen LogP contribution in [-0.2, 0) is 4.79 Å². The average molecular weight is 219 g/mol. The predicted molar refractivity (Wildman–Crippen MR) is 62.4 cm³/mol. The SMILES string of the molecule is CN(C)CC(=O)Nc1cccc(N=[N+]=[N-])c1. The molecule has 0 heterocycles. The summed E-state index contributed by atoms with van der Waals surface area (Å²) in [6.07, 6.45) is 0. The Morgan fingerprint density at radius 3 is 2.94 bits per heavy atom. The fraction of sp³-hybridized carbons (Fsp3) is 0.300. The van der Waals surface area contributed by atoms with Crippen LogP contribution in [-0.4, -0.2) is 31.4 Å². The monoisotopic (exact) mass is 219 g/mol. The quantitative estimate of drug-likeness (QED) is 0.478. The molecule has 0 aliphatic carbocycles. The predicted octanol–water partition coefficient (Wildman–Crippen LogP) is 2.13. The maximum Gasteiger partial charge on any atom is 0.238 e. The lowest BCUT2D eigenvalue weighted by Crippen LogP contribution is -2.26. The average Bonchev–Trinajstić information content (AvgIpc) is 2.17. The summed E-state index contributed by atoms with van der Waals surface area (Å²) >= 11 is 0. The number of azide groups is 1. The minimum Gasteiger partial charge on any atom is -0.325 e. The van der Waals surface area contributed by atoms with Crippen molar-refractivity contribution in [2.45, 2.75) is 0 Å². The molecular weight excluding hydrogens is 206 g/mol. The molecule has 16 heavy (non-hydrogen) atoms. The van der Waals surface area contributed by atoms with Gasteiger partial charge in [-0.3, -0.25) is 4.79 Å². The van der Waals surface area contributed by atoms with Gasteiger partial charge in [-0.2, -0.15) is 0 Å². The van der Waals surface area contributed by atoms with Crippen molar-refractivity contribution in [3.63, 3.8) is 0 Å². The van der Waals surface area contributed by atoms with E-state index in [1.165, 1.54) is 0 Å². The second-order valence-corrected chi connectivity index (χ2v) is 3.53. The Morgan fingerprint density at radius 2 is 2.31 bits per heavy atom. The second-order valence-electron chi connectivity index (χ2n) is 3.53. The van der Waals surface area contributed by atoms with Crippen LogP contribution in [0.2, 0.25) is 0 Å². The van der Waals surface area contributed by atoms with Crippen LogP contribution in [0.5, 0.6) is 0 Å². The number of nitrogens with one attached hydrogen (secondary N) is 1. The summed E-state index contributed by atoms with van der Waals surface area (Å²) in [7, 11) is 3.63. The minimum atomic E-state index is -0.108. The third-order valence-electron chi connectivity index (χ3n) is 1.75. The summed E-state index contributed by atoms with van der Waals surface area (Å²) in [4.78, 5) is 15.9. The van der Waals surface area contributed by atoms with Gasteiger partial charge in [0.15, 0.2) is 0 Å². The smallest absolute Gasteiger partial charge is 0.238 e. The van der Waals surface area contributed by atoms with Crippen LogP contribution in [0, 0.1) is 0 Å². The lowest BCUT2D eigenvalue weighted by Gasteiger charge is -2.10. The van der Waals surface area contributed by atoms with E-state index in [0.29, 0.717) is 17.9 Å². The number of nitrogens with zero attached hydrogens (tertiary/aromatic N) is 4. The summed E-state index contributed by atoms with van der Waals surface area (Å²) in [5, 5.41) is 6.16. The van der Waals surface area contributed by atoms with Gasteiger partial charge in [0, 0.05) is 16.3 Å². The van der Waals surface area contributed by atoms with E-state index in [1.54, 1.807) is 29.2 Å². The van der Waals surface area contributed by atoms with Crippen LogP contribution >= 0.6 is 0 Å². The Balaban J connectivity index is 2.70. The molecule has 0 aliphatic heterocycles. The number of anilines is 1. The Labute approximate surface area is 93.5 Å². The van der Waals surface area contributed by atoms with Crippen molar-refractivity contribution in [1.82, 2.24) is 4.90 Å². The molecule has 6 nitrogen and oxygen atoms in total. The fourth-order valence-corrected chi connectivity index (χ4v) is 1.19. The van der Waals surface area contributed by atoms with Crippen LogP contribution in [0.4, 0.5) is 11.4 Å². The minimum absolute atomic E-state index is 0.108. The molecule has 1 aromatic rings. The van der Waals surface area contributed by atoms with Gasteiger partial charge in [0.2, 0.25) is 5.91 Å². The lowest BCUT2D eigenvalue weighted by molar-refractivity contribution is -0.116. The summed E-state index contributed by atoms with van der Waals surface area (Å²) in [5.41, 5.74) is 9.37. The first kappa shape index (κ1) is 12.0. The van der Waals surface area contributed by atoms with Crippen molar-refractivity contribution < 1.29 is 4.79 Å². The highest BCUT2D eigenvalue weighted by molar-refractivity contribution is 5.92. The highest BCUT2D eigenvalue weighted by Gasteiger charge is 2.03. The molecule has 0 aliphatic rings. The fourth-order valence-electron chi connectivity index (χ4n) is 1.19. The van der Waals surface area contributed by atoms with Gasteiger partial charge in [-0.1, -0.05) is 17.2 Å². The molecule has 1 N–H and O–H groups in total. The molecule has 0 saturated heterocycles. The Hall–Kier alpha value is -2.04. The lowest BCUT2D eigenvalue weighted by atomic mass is 10.3. The van der Waals surface area contributed by atoms with Gasteiger partial charge in [-0.05, 0) is 31.8 Å². The third-order valence-corrected chi connectivity index (χ3v) is 1.75. The first-order chi connectivity index (χ1) is 7.61. The van der Waals surface area contributed by atoms with Crippen LogP contribution in [0.15, 0.2) is 29.4 Å². The highest BCUT2D eigenvalue weighted by atomic mass is 16.2. The summed E-state index contributed by atoms with van der Waals surface area (Å²) in [6, 6.07) is 6.74. The normalized spacial score (nSPS) is 9.69. The number of amides is 1. The first-order valence-corrected chi connectivity index (χ1v) is 4.71. The molecule has 0 fully saturated rings. The summed E-state index contributed by atoms with van der Waals surface area (Å²) < 4.78 is 0. The van der Waals surface area contributed by atoms with E-state index < -0.39 is 0 Å². The summed E-state index contributed by atoms with van der Waals surface area (Å²) in [5.74, 6) is -0.108. The molecule has 0 atom stereocenters. The zero-order chi connectivity index (χ0) is 12.0. The molecule has 0 saturated carbocycles. The van der Waals surface area contributed by atoms with Crippen molar-refractivity contribution in [2.24, 2.45) is 5.11 Å². The first-order valence-electron chi connectivity index (χ1n) is 4.71. The van der Waals surface area contributed by atoms with Crippen molar-refractivity contribution in [3.05, 3.63) is 34.7 Å². The van der Waals surface area contributed by atoms with Crippen LogP contribution < -0.4 is 5.32 Å². The maximum absolute atomic E-state index is 11.4. The largest absolute Gasteiger partial charge is 0.325 e. The van der Waals surface area contributed by atoms with Crippen molar-refractivity contribution in [2.75, 3.05) is 26.0 Å². The van der Waals surface area contributed by atoms with Crippen molar-refractivity contribution >= 4 is 17.3 Å². The van der Waals surface area contributed by atoms with Gasteiger partial charge in [0.1, 0.15) is 0 Å². The summed E-state index contributed by atoms with van der Waals surface area (Å²) in [6.45, 7) is 0.311. The van der Waals surface area contributed by atoms with E-state index in [0.717, 1.165) is 0 Å². The van der Waals surface area contributed by atoms with Crippen molar-refractivity contribution in [1.29, 1.82) is 0 Å². The van der Waals surface area contributed by atoms with E-state index in [9.17, 15) is 4.79 Å². The van der Waals surface area contributed by atoms with E-state index in [2.05, 4.69) is 15.3 Å². The zero-order valence-electron chi connectivity index (χ0n) is 9.21. The molecule has 6 heteroatoms. The molecule has 84 valence electrons. The standard InChI is InChI=1S/C10H13N5O/c1-15(2)7-10(16)12-8-4-3-5-9(6-8)13-14-11/h3-6H,7H2,1-2H3,(H,12,16). The van der Waals surface area contributed by atoms with Crippen LogP contribution in [0.3, 0.4) is 0 Å². The maximum atomic E-state index is 11.4. The van der Waals surface area contributed by atoms with Gasteiger partial charge in [-0.25, -0.2) is 0 Å². The molecule has 0 unspecified atom stereocenters. The second kappa shape index (κ2) is 5.75. The van der Waals surface area contributed by atoms with Crippen LogP contribution in [0.25, 0.3) is 10.4 Å². The molecule has 0 radical (unpaired) electrons. The number of rotatable bonds is 4. The Bertz CT molecular complexity index is 423. The molecule has 1 amide bonds. The van der Waals surface area contributed by atoms with Gasteiger partial charge in [-0.15, -0.1) is 0 Å². The number of hydrogen-bond donors (Lipinski definition) is 1. The van der Waals surface area contributed by atoms with Gasteiger partial charge in [0.25, 0.3) is 0 Å². The van der Waals surface area contributed by atoms with E-state index in [-0.39, 0.29) is 5.91 Å². The highest BCUT2D eigenvalue weighted by Crippen LogP contribution is 2.17. The molecule has 0 spiro atoms. The zero-order valence-corrected chi connectivity index (χ0v) is 9.21. The van der Waals surface area contributed by atoms with Gasteiger partial charge >= 0.3 is 0 Å². The molecular formula is C10H13N5O. The molecule has 1 rings (SSSR count). The van der Waals surface area contributed by atoms with E-state index in [4.69, 9.17) is 5.53 Å². The number of likely N-dealkylation sites (N-methyl/N-ethyl adjacent to an activating group) is 1. The topological polar surface area (TPSA) is 81.1 Å². The number of benzene rings is 1. The number of carbonyl (C=O) groups is 1. The third kappa shape index (κ3) is 4.00. The Kier molecular flexibility index (Phi) is 4.32. The van der Waals surface area contributed by atoms with E-state index in [1.807, 2.05) is 14.1 Å². The van der Waals surface area contributed by atoms with Gasteiger partial charge in [0.05, 0.1) is 6.54 Å². The number of carbonyl (C=O) groups excluding carboxylic acids is 1. The van der Waals surface area contributed by atoms with Crippen LogP contribution in [0.1, 0.15) is 0 Å². The molecule has 1 aromatic carbocycles. The van der Waals surface area contributed by atoms with E-state index >= 15 is 0 Å². The molecule has 0 bridgehead atoms. The Morgan fingerprint density at radius 1 is 1.56 bits per heavy atom. The molecule has 0 aromatic heterocycles. The number of hydrogen-bond acceptors (Lipinski definition) is 3.